The van der Waals surface area contributed by atoms with E-state index >= 15 is 0 Å². The second-order valence-corrected chi connectivity index (χ2v) is 10.3. The van der Waals surface area contributed by atoms with Crippen molar-refractivity contribution < 1.29 is 28.4 Å². The van der Waals surface area contributed by atoms with Crippen LogP contribution in [0.1, 0.15) is 129 Å². The molecular weight excluding hydrogens is 480 g/mol. The van der Waals surface area contributed by atoms with E-state index in [9.17, 15) is 0 Å². The van der Waals surface area contributed by atoms with Gasteiger partial charge in [0.1, 0.15) is 0 Å². The molecule has 0 fully saturated rings. The van der Waals surface area contributed by atoms with Crippen molar-refractivity contribution in [1.82, 2.24) is 0 Å². The van der Waals surface area contributed by atoms with Crippen LogP contribution in [0.25, 0.3) is 0 Å². The first-order valence-corrected chi connectivity index (χ1v) is 16.4. The van der Waals surface area contributed by atoms with Gasteiger partial charge in [0.2, 0.25) is 0 Å². The van der Waals surface area contributed by atoms with Crippen LogP contribution in [-0.2, 0) is 28.4 Å². The van der Waals surface area contributed by atoms with Crippen molar-refractivity contribution in [3.63, 3.8) is 0 Å². The normalized spacial score (nSPS) is 11.5. The van der Waals surface area contributed by atoms with Crippen molar-refractivity contribution in [2.24, 2.45) is 0 Å². The lowest BCUT2D eigenvalue weighted by Crippen LogP contribution is -2.14. The SMILES string of the molecule is CCCCCCCCCCCOCCOCCOCCOCCOCCOCCCCCCCCCCC. The van der Waals surface area contributed by atoms with Crippen molar-refractivity contribution in [1.29, 1.82) is 0 Å². The summed E-state index contributed by atoms with van der Waals surface area (Å²) in [6.45, 7) is 12.4. The predicted octanol–water partition coefficient (Wildman–Crippen LogP) is 8.15. The van der Waals surface area contributed by atoms with Gasteiger partial charge in [-0.1, -0.05) is 117 Å². The summed E-state index contributed by atoms with van der Waals surface area (Å²) in [4.78, 5) is 0. The van der Waals surface area contributed by atoms with Crippen LogP contribution in [0.2, 0.25) is 0 Å². The van der Waals surface area contributed by atoms with Crippen LogP contribution in [0.3, 0.4) is 0 Å². The quantitative estimate of drug-likeness (QED) is 0.0748. The van der Waals surface area contributed by atoms with Crippen LogP contribution >= 0.6 is 0 Å². The molecule has 0 spiro atoms. The molecule has 0 atom stereocenters. The van der Waals surface area contributed by atoms with Crippen LogP contribution in [0.15, 0.2) is 0 Å². The van der Waals surface area contributed by atoms with Gasteiger partial charge in [0.25, 0.3) is 0 Å². The van der Waals surface area contributed by atoms with Gasteiger partial charge in [-0.2, -0.15) is 0 Å². The Morgan fingerprint density at radius 3 is 0.632 bits per heavy atom. The minimum Gasteiger partial charge on any atom is -0.379 e. The molecule has 0 radical (unpaired) electrons. The van der Waals surface area contributed by atoms with Crippen LogP contribution in [0, 0.1) is 0 Å². The maximum Gasteiger partial charge on any atom is 0.0701 e. The number of ether oxygens (including phenoxy) is 6. The highest BCUT2D eigenvalue weighted by molar-refractivity contribution is 4.48. The van der Waals surface area contributed by atoms with Crippen LogP contribution in [0.4, 0.5) is 0 Å². The van der Waals surface area contributed by atoms with E-state index in [0.717, 1.165) is 26.1 Å². The van der Waals surface area contributed by atoms with Crippen LogP contribution in [0.5, 0.6) is 0 Å². The average Bonchev–Trinajstić information content (AvgIpc) is 2.93. The number of hydrogen-bond donors (Lipinski definition) is 0. The standard InChI is InChI=1S/C32H66O6/c1-3-5-7-9-11-13-15-17-19-21-33-23-25-35-27-29-37-31-32-38-30-28-36-26-24-34-22-20-18-16-14-12-10-8-6-4-2/h3-32H2,1-2H3. The van der Waals surface area contributed by atoms with E-state index in [1.807, 2.05) is 0 Å². The molecule has 0 aliphatic rings. The van der Waals surface area contributed by atoms with Crippen LogP contribution < -0.4 is 0 Å². The number of hydrogen-bond acceptors (Lipinski definition) is 6. The average molecular weight is 547 g/mol. The largest absolute Gasteiger partial charge is 0.379 e. The van der Waals surface area contributed by atoms with Gasteiger partial charge >= 0.3 is 0 Å². The fourth-order valence-electron chi connectivity index (χ4n) is 4.23. The lowest BCUT2D eigenvalue weighted by Gasteiger charge is -2.08. The summed E-state index contributed by atoms with van der Waals surface area (Å²) in [7, 11) is 0. The Morgan fingerprint density at radius 2 is 0.395 bits per heavy atom. The van der Waals surface area contributed by atoms with Crippen molar-refractivity contribution >= 4 is 0 Å². The number of rotatable bonds is 35. The van der Waals surface area contributed by atoms with Crippen molar-refractivity contribution in [3.8, 4) is 0 Å². The Bertz CT molecular complexity index is 360. The lowest BCUT2D eigenvalue weighted by atomic mass is 10.1. The first-order valence-electron chi connectivity index (χ1n) is 16.4. The molecule has 0 amide bonds. The van der Waals surface area contributed by atoms with Crippen LogP contribution in [-0.4, -0.2) is 79.3 Å². The Labute approximate surface area is 237 Å². The number of unbranched alkanes of at least 4 members (excludes halogenated alkanes) is 16. The monoisotopic (exact) mass is 546 g/mol. The van der Waals surface area contributed by atoms with Gasteiger partial charge in [0.15, 0.2) is 0 Å². The third-order valence-corrected chi connectivity index (χ3v) is 6.64. The molecule has 6 heteroatoms. The molecular formula is C32H66O6. The molecule has 0 rings (SSSR count). The van der Waals surface area contributed by atoms with E-state index in [-0.39, 0.29) is 0 Å². The summed E-state index contributed by atoms with van der Waals surface area (Å²) in [5, 5.41) is 0. The van der Waals surface area contributed by atoms with E-state index in [2.05, 4.69) is 13.8 Å². The maximum absolute atomic E-state index is 5.64. The first-order chi connectivity index (χ1) is 18.9. The smallest absolute Gasteiger partial charge is 0.0701 e. The third-order valence-electron chi connectivity index (χ3n) is 6.64. The first kappa shape index (κ1) is 37.8. The summed E-state index contributed by atoms with van der Waals surface area (Å²) in [5.74, 6) is 0. The van der Waals surface area contributed by atoms with E-state index in [1.165, 1.54) is 103 Å². The topological polar surface area (TPSA) is 55.4 Å². The molecule has 0 aliphatic heterocycles. The summed E-state index contributed by atoms with van der Waals surface area (Å²) in [6.07, 6.45) is 24.2. The molecule has 0 aromatic rings. The Morgan fingerprint density at radius 1 is 0.211 bits per heavy atom. The molecule has 6 nitrogen and oxygen atoms in total. The van der Waals surface area contributed by atoms with Crippen molar-refractivity contribution in [2.75, 3.05) is 79.3 Å². The van der Waals surface area contributed by atoms with Gasteiger partial charge in [0, 0.05) is 13.2 Å². The van der Waals surface area contributed by atoms with Crippen molar-refractivity contribution in [2.45, 2.75) is 129 Å². The molecule has 0 aromatic carbocycles. The van der Waals surface area contributed by atoms with Gasteiger partial charge in [-0.15, -0.1) is 0 Å². The summed E-state index contributed by atoms with van der Waals surface area (Å²) in [6, 6.07) is 0. The third kappa shape index (κ3) is 35.8. The van der Waals surface area contributed by atoms with E-state index in [4.69, 9.17) is 28.4 Å². The zero-order chi connectivity index (χ0) is 27.5. The van der Waals surface area contributed by atoms with Gasteiger partial charge in [0.05, 0.1) is 66.1 Å². The highest BCUT2D eigenvalue weighted by Crippen LogP contribution is 2.10. The summed E-state index contributed by atoms with van der Waals surface area (Å²) < 4.78 is 33.4. The summed E-state index contributed by atoms with van der Waals surface area (Å²) in [5.41, 5.74) is 0. The predicted molar refractivity (Wildman–Crippen MR) is 159 cm³/mol. The summed E-state index contributed by atoms with van der Waals surface area (Å²) >= 11 is 0. The maximum atomic E-state index is 5.64. The molecule has 0 aliphatic carbocycles. The minimum atomic E-state index is 0.584. The molecule has 0 bridgehead atoms. The fourth-order valence-corrected chi connectivity index (χ4v) is 4.23. The zero-order valence-corrected chi connectivity index (χ0v) is 25.7. The molecule has 0 saturated carbocycles. The Kier molecular flexibility index (Phi) is 36.5. The van der Waals surface area contributed by atoms with Gasteiger partial charge in [-0.05, 0) is 12.8 Å². The van der Waals surface area contributed by atoms with Crippen molar-refractivity contribution in [3.05, 3.63) is 0 Å². The molecule has 0 heterocycles. The van der Waals surface area contributed by atoms with E-state index in [1.54, 1.807) is 0 Å². The molecule has 0 N–H and O–H groups in total. The molecule has 0 aromatic heterocycles. The Hall–Kier alpha value is -0.240. The van der Waals surface area contributed by atoms with E-state index in [0.29, 0.717) is 66.1 Å². The highest BCUT2D eigenvalue weighted by atomic mass is 16.6. The second kappa shape index (κ2) is 36.8. The molecule has 0 unspecified atom stereocenters. The molecule has 0 saturated heterocycles. The zero-order valence-electron chi connectivity index (χ0n) is 25.7. The lowest BCUT2D eigenvalue weighted by molar-refractivity contribution is -0.0169. The molecule has 230 valence electrons. The van der Waals surface area contributed by atoms with E-state index < -0.39 is 0 Å². The van der Waals surface area contributed by atoms with Gasteiger partial charge < -0.3 is 28.4 Å². The molecule has 38 heavy (non-hydrogen) atoms. The Balaban J connectivity index is 3.01. The fraction of sp³-hybridized carbons (Fsp3) is 1.00. The minimum absolute atomic E-state index is 0.584. The second-order valence-electron chi connectivity index (χ2n) is 10.3. The van der Waals surface area contributed by atoms with Gasteiger partial charge in [-0.3, -0.25) is 0 Å². The highest BCUT2D eigenvalue weighted by Gasteiger charge is 1.96. The van der Waals surface area contributed by atoms with Gasteiger partial charge in [-0.25, -0.2) is 0 Å².